The Labute approximate surface area is 220 Å². The number of rotatable bonds is 11. The van der Waals surface area contributed by atoms with Gasteiger partial charge in [0.1, 0.15) is 11.8 Å². The van der Waals surface area contributed by atoms with E-state index in [1.807, 2.05) is 30.3 Å². The highest BCUT2D eigenvalue weighted by Crippen LogP contribution is 2.27. The molecule has 0 heterocycles. The molecular weight excluding hydrogens is 507 g/mol. The number of ether oxygens (including phenoxy) is 1. The molecule has 2 amide bonds. The summed E-state index contributed by atoms with van der Waals surface area (Å²) in [6.45, 7) is 0.456. The van der Waals surface area contributed by atoms with Crippen LogP contribution in [0.4, 0.5) is 0 Å². The molecule has 1 atom stereocenters. The molecule has 0 fully saturated rings. The molecule has 0 aliphatic rings. The number of amides is 2. The van der Waals surface area contributed by atoms with Gasteiger partial charge in [-0.1, -0.05) is 71.2 Å². The van der Waals surface area contributed by atoms with Crippen molar-refractivity contribution in [2.24, 2.45) is 0 Å². The molecule has 3 rings (SSSR count). The fraction of sp³-hybridized carbons (Fsp3) is 0.259. The van der Waals surface area contributed by atoms with E-state index in [0.29, 0.717) is 45.8 Å². The minimum atomic E-state index is -0.737. The van der Waals surface area contributed by atoms with Crippen LogP contribution in [0, 0.1) is 0 Å². The second kappa shape index (κ2) is 13.4. The number of likely N-dealkylation sites (N-methyl/N-ethyl adjacent to an activating group) is 1. The summed E-state index contributed by atoms with van der Waals surface area (Å²) >= 11 is 18.7. The maximum absolute atomic E-state index is 13.5. The zero-order chi connectivity index (χ0) is 25.2. The van der Waals surface area contributed by atoms with Crippen LogP contribution in [0.25, 0.3) is 0 Å². The lowest BCUT2D eigenvalue weighted by molar-refractivity contribution is -0.141. The average molecular weight is 534 g/mol. The molecular formula is C27H27Cl3N2O3. The van der Waals surface area contributed by atoms with Gasteiger partial charge in [0.05, 0.1) is 6.61 Å². The summed E-state index contributed by atoms with van der Waals surface area (Å²) in [5.74, 6) is 0.224. The zero-order valence-electron chi connectivity index (χ0n) is 19.3. The first-order valence-electron chi connectivity index (χ1n) is 11.2. The molecule has 0 spiro atoms. The number of hydrogen-bond donors (Lipinski definition) is 1. The van der Waals surface area contributed by atoms with Crippen molar-refractivity contribution in [3.05, 3.63) is 99.0 Å². The first-order valence-corrected chi connectivity index (χ1v) is 12.4. The maximum Gasteiger partial charge on any atom is 0.242 e. The molecule has 0 saturated carbocycles. The average Bonchev–Trinajstić information content (AvgIpc) is 2.86. The molecule has 8 heteroatoms. The van der Waals surface area contributed by atoms with Gasteiger partial charge in [-0.05, 0) is 48.4 Å². The van der Waals surface area contributed by atoms with Crippen molar-refractivity contribution in [1.29, 1.82) is 0 Å². The standard InChI is InChI=1S/C27H27Cl3N2O3/c1-31-27(34)25(17-19-7-3-2-4-8-19)32(18-22-23(29)9-5-10-24(22)30)26(33)11-6-16-35-21-14-12-20(28)13-15-21/h2-5,7-10,12-15,25H,6,11,16-18H2,1H3,(H,31,34)/t25-/m0/s1. The lowest BCUT2D eigenvalue weighted by atomic mass is 10.0. The van der Waals surface area contributed by atoms with Gasteiger partial charge in [0.25, 0.3) is 0 Å². The van der Waals surface area contributed by atoms with Crippen LogP contribution in [0.2, 0.25) is 15.1 Å². The predicted octanol–water partition coefficient (Wildman–Crippen LogP) is 6.19. The van der Waals surface area contributed by atoms with Crippen molar-refractivity contribution >= 4 is 46.6 Å². The number of nitrogens with one attached hydrogen (secondary N) is 1. The van der Waals surface area contributed by atoms with Crippen LogP contribution in [-0.4, -0.2) is 36.4 Å². The van der Waals surface area contributed by atoms with Crippen LogP contribution in [0.1, 0.15) is 24.0 Å². The zero-order valence-corrected chi connectivity index (χ0v) is 21.6. The molecule has 0 aromatic heterocycles. The number of halogens is 3. The number of hydrogen-bond acceptors (Lipinski definition) is 3. The lowest BCUT2D eigenvalue weighted by Crippen LogP contribution is -2.49. The molecule has 1 N–H and O–H groups in total. The first kappa shape index (κ1) is 26.9. The molecule has 0 radical (unpaired) electrons. The fourth-order valence-electron chi connectivity index (χ4n) is 3.66. The monoisotopic (exact) mass is 532 g/mol. The Morgan fingerprint density at radius 2 is 1.57 bits per heavy atom. The third kappa shape index (κ3) is 7.89. The highest BCUT2D eigenvalue weighted by Gasteiger charge is 2.30. The maximum atomic E-state index is 13.5. The first-order chi connectivity index (χ1) is 16.9. The summed E-state index contributed by atoms with van der Waals surface area (Å²) in [7, 11) is 1.56. The van der Waals surface area contributed by atoms with Crippen LogP contribution >= 0.6 is 34.8 Å². The van der Waals surface area contributed by atoms with Crippen molar-refractivity contribution in [3.63, 3.8) is 0 Å². The molecule has 0 saturated heterocycles. The van der Waals surface area contributed by atoms with E-state index in [4.69, 9.17) is 39.5 Å². The largest absolute Gasteiger partial charge is 0.494 e. The Hall–Kier alpha value is -2.73. The molecule has 184 valence electrons. The van der Waals surface area contributed by atoms with E-state index in [9.17, 15) is 9.59 Å². The third-order valence-electron chi connectivity index (χ3n) is 5.52. The van der Waals surface area contributed by atoms with Crippen molar-refractivity contribution in [2.45, 2.75) is 31.8 Å². The summed E-state index contributed by atoms with van der Waals surface area (Å²) in [5.41, 5.74) is 1.54. The van der Waals surface area contributed by atoms with E-state index in [0.717, 1.165) is 5.56 Å². The van der Waals surface area contributed by atoms with E-state index >= 15 is 0 Å². The SMILES string of the molecule is CNC(=O)[C@H](Cc1ccccc1)N(Cc1c(Cl)cccc1Cl)C(=O)CCCOc1ccc(Cl)cc1. The lowest BCUT2D eigenvalue weighted by Gasteiger charge is -2.31. The molecule has 0 bridgehead atoms. The molecule has 0 aliphatic heterocycles. The van der Waals surface area contributed by atoms with Gasteiger partial charge in [-0.2, -0.15) is 0 Å². The summed E-state index contributed by atoms with van der Waals surface area (Å²) < 4.78 is 5.72. The van der Waals surface area contributed by atoms with Gasteiger partial charge in [-0.15, -0.1) is 0 Å². The topological polar surface area (TPSA) is 58.6 Å². The molecule has 3 aromatic carbocycles. The van der Waals surface area contributed by atoms with Gasteiger partial charge in [0, 0.05) is 47.1 Å². The Morgan fingerprint density at radius 1 is 0.914 bits per heavy atom. The Bertz CT molecular complexity index is 1100. The van der Waals surface area contributed by atoms with E-state index in [1.165, 1.54) is 0 Å². The van der Waals surface area contributed by atoms with Crippen LogP contribution in [0.15, 0.2) is 72.8 Å². The van der Waals surface area contributed by atoms with Gasteiger partial charge in [-0.25, -0.2) is 0 Å². The summed E-state index contributed by atoms with van der Waals surface area (Å²) in [6, 6.07) is 21.1. The number of nitrogens with zero attached hydrogens (tertiary/aromatic N) is 1. The van der Waals surface area contributed by atoms with Crippen LogP contribution in [-0.2, 0) is 22.6 Å². The predicted molar refractivity (Wildman–Crippen MR) is 141 cm³/mol. The summed E-state index contributed by atoms with van der Waals surface area (Å²) in [5, 5.41) is 4.20. The minimum Gasteiger partial charge on any atom is -0.494 e. The van der Waals surface area contributed by atoms with Gasteiger partial charge < -0.3 is 15.0 Å². The molecule has 35 heavy (non-hydrogen) atoms. The normalized spacial score (nSPS) is 11.5. The van der Waals surface area contributed by atoms with E-state index in [1.54, 1.807) is 54.4 Å². The second-order valence-corrected chi connectivity index (χ2v) is 9.20. The minimum absolute atomic E-state index is 0.111. The molecule has 0 aliphatic carbocycles. The quantitative estimate of drug-likeness (QED) is 0.299. The van der Waals surface area contributed by atoms with E-state index < -0.39 is 6.04 Å². The Balaban J connectivity index is 1.79. The van der Waals surface area contributed by atoms with Gasteiger partial charge in [0.15, 0.2) is 0 Å². The van der Waals surface area contributed by atoms with Crippen molar-refractivity contribution in [2.75, 3.05) is 13.7 Å². The van der Waals surface area contributed by atoms with Crippen molar-refractivity contribution < 1.29 is 14.3 Å². The highest BCUT2D eigenvalue weighted by molar-refractivity contribution is 6.36. The number of carbonyl (C=O) groups is 2. The Kier molecular flexibility index (Phi) is 10.3. The van der Waals surface area contributed by atoms with Gasteiger partial charge in [0.2, 0.25) is 11.8 Å². The van der Waals surface area contributed by atoms with Crippen LogP contribution in [0.3, 0.4) is 0 Å². The van der Waals surface area contributed by atoms with Crippen LogP contribution < -0.4 is 10.1 Å². The van der Waals surface area contributed by atoms with Gasteiger partial charge >= 0.3 is 0 Å². The summed E-state index contributed by atoms with van der Waals surface area (Å²) in [6.07, 6.45) is 1.02. The second-order valence-electron chi connectivity index (χ2n) is 7.95. The third-order valence-corrected chi connectivity index (χ3v) is 6.49. The summed E-state index contributed by atoms with van der Waals surface area (Å²) in [4.78, 5) is 28.0. The number of benzene rings is 3. The van der Waals surface area contributed by atoms with Gasteiger partial charge in [-0.3, -0.25) is 9.59 Å². The van der Waals surface area contributed by atoms with Crippen molar-refractivity contribution in [1.82, 2.24) is 10.2 Å². The Morgan fingerprint density at radius 3 is 2.20 bits per heavy atom. The fourth-order valence-corrected chi connectivity index (χ4v) is 4.31. The highest BCUT2D eigenvalue weighted by atomic mass is 35.5. The van der Waals surface area contributed by atoms with E-state index in [-0.39, 0.29) is 24.8 Å². The molecule has 0 unspecified atom stereocenters. The number of carbonyl (C=O) groups excluding carboxylic acids is 2. The van der Waals surface area contributed by atoms with Crippen molar-refractivity contribution in [3.8, 4) is 5.75 Å². The smallest absolute Gasteiger partial charge is 0.242 e. The van der Waals surface area contributed by atoms with Crippen LogP contribution in [0.5, 0.6) is 5.75 Å². The molecule has 3 aromatic rings. The molecule has 5 nitrogen and oxygen atoms in total. The van der Waals surface area contributed by atoms with E-state index in [2.05, 4.69) is 5.32 Å².